The van der Waals surface area contributed by atoms with Gasteiger partial charge in [-0.3, -0.25) is 4.79 Å². The third-order valence-corrected chi connectivity index (χ3v) is 5.97. The minimum atomic E-state index is 0.0284. The molecular weight excluding hydrogens is 356 g/mol. The molecule has 0 atom stereocenters. The van der Waals surface area contributed by atoms with Gasteiger partial charge in [-0.1, -0.05) is 12.1 Å². The minimum absolute atomic E-state index is 0.0284. The number of rotatable bonds is 7. The molecule has 2 aromatic heterocycles. The zero-order chi connectivity index (χ0) is 18.5. The predicted octanol–water partition coefficient (Wildman–Crippen LogP) is 4.64. The van der Waals surface area contributed by atoms with Crippen LogP contribution in [-0.2, 0) is 11.2 Å². The molecule has 0 radical (unpaired) electrons. The Kier molecular flexibility index (Phi) is 5.63. The molecule has 0 saturated carbocycles. The highest BCUT2D eigenvalue weighted by Crippen LogP contribution is 2.23. The van der Waals surface area contributed by atoms with Crippen molar-refractivity contribution >= 4 is 39.0 Å². The molecule has 0 aliphatic carbocycles. The molecule has 3 heterocycles. The summed E-state index contributed by atoms with van der Waals surface area (Å²) in [5.74, 6) is 0.662. The molecule has 1 N–H and O–H groups in total. The summed E-state index contributed by atoms with van der Waals surface area (Å²) < 4.78 is 1.23. The summed E-state index contributed by atoms with van der Waals surface area (Å²) in [4.78, 5) is 23.5. The van der Waals surface area contributed by atoms with E-state index in [0.29, 0.717) is 12.2 Å². The predicted molar refractivity (Wildman–Crippen MR) is 111 cm³/mol. The highest BCUT2D eigenvalue weighted by atomic mass is 32.1. The van der Waals surface area contributed by atoms with Gasteiger partial charge in [0.25, 0.3) is 0 Å². The van der Waals surface area contributed by atoms with Crippen LogP contribution in [0.5, 0.6) is 0 Å². The topological polar surface area (TPSA) is 58.1 Å². The normalized spacial score (nSPS) is 14.0. The number of fused-ring (bicyclic) bond motifs is 1. The number of thiazole rings is 1. The average molecular weight is 381 g/mol. The number of anilines is 2. The van der Waals surface area contributed by atoms with Gasteiger partial charge in [-0.25, -0.2) is 9.97 Å². The Morgan fingerprint density at radius 2 is 1.96 bits per heavy atom. The fraction of sp³-hybridized carbons (Fsp3) is 0.381. The zero-order valence-corrected chi connectivity index (χ0v) is 16.2. The van der Waals surface area contributed by atoms with Gasteiger partial charge >= 0.3 is 0 Å². The van der Waals surface area contributed by atoms with Gasteiger partial charge in [0, 0.05) is 19.5 Å². The molecular formula is C21H24N4OS. The number of hydrogen-bond acceptors (Lipinski definition) is 5. The van der Waals surface area contributed by atoms with Crippen molar-refractivity contribution in [3.8, 4) is 0 Å². The molecule has 0 bridgehead atoms. The number of nitrogens with one attached hydrogen (secondary N) is 1. The quantitative estimate of drug-likeness (QED) is 0.607. The van der Waals surface area contributed by atoms with E-state index in [9.17, 15) is 4.79 Å². The summed E-state index contributed by atoms with van der Waals surface area (Å²) in [6.45, 7) is 2.20. The van der Waals surface area contributed by atoms with Crippen LogP contribution in [0.2, 0.25) is 0 Å². The van der Waals surface area contributed by atoms with Crippen molar-refractivity contribution in [2.75, 3.05) is 23.3 Å². The summed E-state index contributed by atoms with van der Waals surface area (Å²) in [6.07, 6.45) is 7.61. The van der Waals surface area contributed by atoms with Gasteiger partial charge in [-0.15, -0.1) is 11.3 Å². The van der Waals surface area contributed by atoms with E-state index in [1.165, 1.54) is 17.5 Å². The fourth-order valence-corrected chi connectivity index (χ4v) is 4.43. The lowest BCUT2D eigenvalue weighted by Crippen LogP contribution is -2.18. The average Bonchev–Trinajstić information content (AvgIpc) is 3.35. The number of para-hydroxylation sites is 1. The first kappa shape index (κ1) is 17.9. The SMILES string of the molecule is O=C(CCCCc1nc2ccccc2s1)Nc1ccc(N2CCCC2)cn1. The second-order valence-electron chi connectivity index (χ2n) is 6.93. The Morgan fingerprint density at radius 1 is 1.11 bits per heavy atom. The van der Waals surface area contributed by atoms with E-state index in [-0.39, 0.29) is 5.91 Å². The summed E-state index contributed by atoms with van der Waals surface area (Å²) >= 11 is 1.74. The molecule has 4 rings (SSSR count). The molecule has 1 fully saturated rings. The number of unbranched alkanes of at least 4 members (excludes halogenated alkanes) is 1. The Labute approximate surface area is 163 Å². The number of carbonyl (C=O) groups is 1. The van der Waals surface area contributed by atoms with Crippen LogP contribution >= 0.6 is 11.3 Å². The molecule has 27 heavy (non-hydrogen) atoms. The summed E-state index contributed by atoms with van der Waals surface area (Å²) in [5.41, 5.74) is 2.21. The van der Waals surface area contributed by atoms with E-state index in [4.69, 9.17) is 0 Å². The second-order valence-corrected chi connectivity index (χ2v) is 8.04. The van der Waals surface area contributed by atoms with Crippen LogP contribution in [0.25, 0.3) is 10.2 Å². The number of nitrogens with zero attached hydrogens (tertiary/aromatic N) is 3. The van der Waals surface area contributed by atoms with Crippen molar-refractivity contribution < 1.29 is 4.79 Å². The molecule has 1 aromatic carbocycles. The molecule has 1 aliphatic rings. The van der Waals surface area contributed by atoms with Crippen LogP contribution in [0, 0.1) is 0 Å². The van der Waals surface area contributed by atoms with Gasteiger partial charge in [0.15, 0.2) is 0 Å². The summed E-state index contributed by atoms with van der Waals surface area (Å²) in [6, 6.07) is 12.1. The first-order valence-electron chi connectivity index (χ1n) is 9.63. The van der Waals surface area contributed by atoms with Crippen LogP contribution in [0.1, 0.15) is 37.1 Å². The van der Waals surface area contributed by atoms with Gasteiger partial charge in [0.2, 0.25) is 5.91 Å². The molecule has 1 aliphatic heterocycles. The molecule has 6 heteroatoms. The zero-order valence-electron chi connectivity index (χ0n) is 15.4. The largest absolute Gasteiger partial charge is 0.370 e. The van der Waals surface area contributed by atoms with Crippen molar-refractivity contribution in [1.82, 2.24) is 9.97 Å². The lowest BCUT2D eigenvalue weighted by Gasteiger charge is -2.17. The Bertz CT molecular complexity index is 867. The molecule has 3 aromatic rings. The molecule has 1 amide bonds. The fourth-order valence-electron chi connectivity index (χ4n) is 3.42. The number of pyridine rings is 1. The Hall–Kier alpha value is -2.47. The number of aryl methyl sites for hydroxylation is 1. The van der Waals surface area contributed by atoms with E-state index in [1.54, 1.807) is 11.3 Å². The van der Waals surface area contributed by atoms with Crippen molar-refractivity contribution in [1.29, 1.82) is 0 Å². The number of aromatic nitrogens is 2. The van der Waals surface area contributed by atoms with Crippen LogP contribution in [0.15, 0.2) is 42.6 Å². The molecule has 5 nitrogen and oxygen atoms in total. The van der Waals surface area contributed by atoms with Gasteiger partial charge < -0.3 is 10.2 Å². The van der Waals surface area contributed by atoms with Crippen LogP contribution in [0.4, 0.5) is 11.5 Å². The maximum Gasteiger partial charge on any atom is 0.225 e. The van der Waals surface area contributed by atoms with Crippen LogP contribution in [0.3, 0.4) is 0 Å². The number of benzene rings is 1. The highest BCUT2D eigenvalue weighted by Gasteiger charge is 2.12. The number of hydrogen-bond donors (Lipinski definition) is 1. The van der Waals surface area contributed by atoms with Crippen LogP contribution in [-0.4, -0.2) is 29.0 Å². The second kappa shape index (κ2) is 8.48. The maximum absolute atomic E-state index is 12.1. The van der Waals surface area contributed by atoms with E-state index in [1.807, 2.05) is 36.5 Å². The molecule has 0 spiro atoms. The van der Waals surface area contributed by atoms with Crippen molar-refractivity contribution in [3.05, 3.63) is 47.6 Å². The number of carbonyl (C=O) groups excluding carboxylic acids is 1. The summed E-state index contributed by atoms with van der Waals surface area (Å²) in [7, 11) is 0. The number of amides is 1. The lowest BCUT2D eigenvalue weighted by molar-refractivity contribution is -0.116. The maximum atomic E-state index is 12.1. The third-order valence-electron chi connectivity index (χ3n) is 4.87. The van der Waals surface area contributed by atoms with Crippen LogP contribution < -0.4 is 10.2 Å². The first-order chi connectivity index (χ1) is 13.3. The van der Waals surface area contributed by atoms with Crippen molar-refractivity contribution in [2.24, 2.45) is 0 Å². The van der Waals surface area contributed by atoms with E-state index < -0.39 is 0 Å². The Balaban J connectivity index is 1.20. The Morgan fingerprint density at radius 3 is 2.74 bits per heavy atom. The van der Waals surface area contributed by atoms with E-state index in [2.05, 4.69) is 26.3 Å². The van der Waals surface area contributed by atoms with E-state index in [0.717, 1.165) is 48.6 Å². The van der Waals surface area contributed by atoms with Gasteiger partial charge in [-0.05, 0) is 56.4 Å². The van der Waals surface area contributed by atoms with Crippen molar-refractivity contribution in [2.45, 2.75) is 38.5 Å². The van der Waals surface area contributed by atoms with Gasteiger partial charge in [0.05, 0.1) is 27.1 Å². The lowest BCUT2D eigenvalue weighted by atomic mass is 10.2. The smallest absolute Gasteiger partial charge is 0.225 e. The van der Waals surface area contributed by atoms with E-state index >= 15 is 0 Å². The van der Waals surface area contributed by atoms with Gasteiger partial charge in [0.1, 0.15) is 5.82 Å². The minimum Gasteiger partial charge on any atom is -0.370 e. The standard InChI is InChI=1S/C21H24N4OS/c26-20(24-19-12-11-16(15-22-19)25-13-5-6-14-25)9-3-4-10-21-23-17-7-1-2-8-18(17)27-21/h1-2,7-8,11-12,15H,3-6,9-10,13-14H2,(H,22,24,26). The highest BCUT2D eigenvalue weighted by molar-refractivity contribution is 7.18. The van der Waals surface area contributed by atoms with Gasteiger partial charge in [-0.2, -0.15) is 0 Å². The summed E-state index contributed by atoms with van der Waals surface area (Å²) in [5, 5.41) is 4.05. The first-order valence-corrected chi connectivity index (χ1v) is 10.4. The third kappa shape index (κ3) is 4.63. The molecule has 140 valence electrons. The monoisotopic (exact) mass is 380 g/mol. The molecule has 0 unspecified atom stereocenters. The van der Waals surface area contributed by atoms with Crippen molar-refractivity contribution in [3.63, 3.8) is 0 Å². The molecule has 1 saturated heterocycles.